The second-order valence-electron chi connectivity index (χ2n) is 4.82. The first kappa shape index (κ1) is 13.9. The summed E-state index contributed by atoms with van der Waals surface area (Å²) in [4.78, 5) is 2.36. The van der Waals surface area contributed by atoms with Crippen LogP contribution in [0.15, 0.2) is 12.4 Å². The fourth-order valence-corrected chi connectivity index (χ4v) is 2.37. The first-order chi connectivity index (χ1) is 7.70. The van der Waals surface area contributed by atoms with Crippen LogP contribution in [0.2, 0.25) is 0 Å². The summed E-state index contributed by atoms with van der Waals surface area (Å²) in [5.74, 6) is 0. The summed E-state index contributed by atoms with van der Waals surface area (Å²) in [6.07, 6.45) is 12.0. The molecule has 0 radical (unpaired) electrons. The smallest absolute Gasteiger partial charge is 0.175 e. The van der Waals surface area contributed by atoms with Gasteiger partial charge in [0.25, 0.3) is 0 Å². The molecule has 0 saturated carbocycles. The molecule has 1 unspecified atom stereocenters. The third-order valence-electron chi connectivity index (χ3n) is 3.14. The lowest BCUT2D eigenvalue weighted by atomic mass is 10.2. The van der Waals surface area contributed by atoms with E-state index in [1.54, 1.807) is 0 Å². The van der Waals surface area contributed by atoms with Gasteiger partial charge in [0.05, 0.1) is 6.20 Å². The second-order valence-corrected chi connectivity index (χ2v) is 5.49. The molecule has 16 heavy (non-hydrogen) atoms. The monoisotopic (exact) mass is 245 g/mol. The van der Waals surface area contributed by atoms with Gasteiger partial charge in [-0.25, -0.2) is 0 Å². The number of hydrogen-bond donors (Lipinski definition) is 0. The largest absolute Gasteiger partial charge is 0.325 e. The first-order valence-corrected chi connectivity index (χ1v) is 7.04. The van der Waals surface area contributed by atoms with Gasteiger partial charge in [-0.1, -0.05) is 39.5 Å². The van der Waals surface area contributed by atoms with Crippen molar-refractivity contribution >= 4 is 11.8 Å². The molecular weight excluding hydrogens is 220 g/mol. The third-order valence-corrected chi connectivity index (χ3v) is 3.53. The van der Waals surface area contributed by atoms with Gasteiger partial charge in [-0.3, -0.25) is 0 Å². The van der Waals surface area contributed by atoms with Crippen molar-refractivity contribution < 1.29 is 4.00 Å². The van der Waals surface area contributed by atoms with Gasteiger partial charge in [-0.2, -0.15) is 4.00 Å². The van der Waals surface area contributed by atoms with Crippen LogP contribution in [-0.2, 0) is 0 Å². The number of quaternary nitrogens is 1. The van der Waals surface area contributed by atoms with E-state index >= 15 is 0 Å². The first-order valence-electron chi connectivity index (χ1n) is 6.70. The Balaban J connectivity index is 2.17. The molecule has 0 saturated heterocycles. The maximum absolute atomic E-state index is 6.49. The Kier molecular flexibility index (Phi) is 6.22. The predicted octanol–water partition coefficient (Wildman–Crippen LogP) is 4.08. The normalized spacial score (nSPS) is 24.3. The number of unbranched alkanes of at least 4 members (excludes halogenated alkanes) is 4. The van der Waals surface area contributed by atoms with Crippen LogP contribution in [0.4, 0.5) is 0 Å². The Morgan fingerprint density at radius 3 is 2.56 bits per heavy atom. The molecule has 2 nitrogen and oxygen atoms in total. The minimum absolute atomic E-state index is 0.585. The summed E-state index contributed by atoms with van der Waals surface area (Å²) in [5, 5.41) is 0. The Morgan fingerprint density at radius 2 is 1.88 bits per heavy atom. The summed E-state index contributed by atoms with van der Waals surface area (Å²) < 4.78 is 0.585. The number of hydrogen-bond acceptors (Lipinski definition) is 1. The maximum atomic E-state index is 6.49. The van der Waals surface area contributed by atoms with Crippen molar-refractivity contribution in [2.24, 2.45) is 0 Å². The molecule has 1 aliphatic rings. The van der Waals surface area contributed by atoms with Gasteiger partial charge in [0.2, 0.25) is 0 Å². The number of nitrogens with zero attached hydrogens (tertiary/aromatic N) is 2. The third kappa shape index (κ3) is 4.75. The van der Waals surface area contributed by atoms with E-state index in [9.17, 15) is 0 Å². The van der Waals surface area contributed by atoms with Crippen LogP contribution in [0.1, 0.15) is 52.4 Å². The van der Waals surface area contributed by atoms with Crippen molar-refractivity contribution in [1.29, 1.82) is 0 Å². The molecule has 0 N–H and O–H groups in total. The Hall–Kier alpha value is -0.210. The molecule has 0 aliphatic carbocycles. The van der Waals surface area contributed by atoms with Gasteiger partial charge in [-0.05, 0) is 12.8 Å². The van der Waals surface area contributed by atoms with E-state index in [1.807, 2.05) is 0 Å². The van der Waals surface area contributed by atoms with E-state index in [0.717, 1.165) is 19.8 Å². The lowest BCUT2D eigenvalue weighted by Crippen LogP contribution is -2.37. The molecular formula is C13H26ClN2+. The fourth-order valence-electron chi connectivity index (χ4n) is 2.06. The van der Waals surface area contributed by atoms with Crippen molar-refractivity contribution in [3.8, 4) is 0 Å². The Bertz CT molecular complexity index is 218. The molecule has 1 aliphatic heterocycles. The Morgan fingerprint density at radius 1 is 1.12 bits per heavy atom. The molecule has 0 aromatic heterocycles. The molecule has 0 aromatic rings. The molecule has 94 valence electrons. The van der Waals surface area contributed by atoms with Gasteiger partial charge in [0.1, 0.15) is 12.7 Å². The fraction of sp³-hybridized carbons (Fsp3) is 0.846. The van der Waals surface area contributed by atoms with Gasteiger partial charge >= 0.3 is 0 Å². The molecule has 1 atom stereocenters. The lowest BCUT2D eigenvalue weighted by Gasteiger charge is -2.23. The summed E-state index contributed by atoms with van der Waals surface area (Å²) in [6, 6.07) is 0. The molecule has 1 heterocycles. The van der Waals surface area contributed by atoms with Crippen LogP contribution >= 0.6 is 11.8 Å². The molecule has 0 aromatic carbocycles. The number of rotatable bonds is 8. The van der Waals surface area contributed by atoms with E-state index in [2.05, 4.69) is 31.1 Å². The van der Waals surface area contributed by atoms with Crippen molar-refractivity contribution in [2.45, 2.75) is 52.4 Å². The predicted molar refractivity (Wildman–Crippen MR) is 70.7 cm³/mol. The van der Waals surface area contributed by atoms with Crippen LogP contribution in [0.3, 0.4) is 0 Å². The maximum Gasteiger partial charge on any atom is 0.175 e. The number of halogens is 1. The zero-order valence-corrected chi connectivity index (χ0v) is 11.5. The second kappa shape index (κ2) is 7.18. The molecule has 0 amide bonds. The zero-order valence-electron chi connectivity index (χ0n) is 10.8. The zero-order chi connectivity index (χ0) is 11.9. The van der Waals surface area contributed by atoms with Gasteiger partial charge in [0.15, 0.2) is 18.4 Å². The summed E-state index contributed by atoms with van der Waals surface area (Å²) in [6.45, 7) is 7.63. The summed E-state index contributed by atoms with van der Waals surface area (Å²) in [7, 11) is 0. The standard InChI is InChI=1S/C13H26ClN2/c1-3-5-7-8-9-15-10-12-16(14,13-15)11-6-4-2/h10,12H,3-9,11,13H2,1-2H3/q+1. The van der Waals surface area contributed by atoms with Crippen molar-refractivity contribution in [3.63, 3.8) is 0 Å². The lowest BCUT2D eigenvalue weighted by molar-refractivity contribution is -0.763. The highest BCUT2D eigenvalue weighted by molar-refractivity contribution is 6.07. The van der Waals surface area contributed by atoms with E-state index in [4.69, 9.17) is 11.8 Å². The van der Waals surface area contributed by atoms with Crippen LogP contribution in [0.5, 0.6) is 0 Å². The van der Waals surface area contributed by atoms with Crippen LogP contribution in [0, 0.1) is 0 Å². The minimum Gasteiger partial charge on any atom is -0.325 e. The average molecular weight is 246 g/mol. The molecule has 3 heteroatoms. The van der Waals surface area contributed by atoms with E-state index in [0.29, 0.717) is 4.00 Å². The summed E-state index contributed by atoms with van der Waals surface area (Å²) in [5.41, 5.74) is 0. The van der Waals surface area contributed by atoms with Crippen molar-refractivity contribution in [2.75, 3.05) is 19.8 Å². The molecule has 0 spiro atoms. The van der Waals surface area contributed by atoms with E-state index in [-0.39, 0.29) is 0 Å². The van der Waals surface area contributed by atoms with Crippen molar-refractivity contribution in [3.05, 3.63) is 12.4 Å². The van der Waals surface area contributed by atoms with Gasteiger partial charge < -0.3 is 4.90 Å². The highest BCUT2D eigenvalue weighted by Gasteiger charge is 2.30. The topological polar surface area (TPSA) is 3.24 Å². The molecule has 0 bridgehead atoms. The van der Waals surface area contributed by atoms with E-state index in [1.165, 1.54) is 38.5 Å². The van der Waals surface area contributed by atoms with Crippen LogP contribution < -0.4 is 0 Å². The highest BCUT2D eigenvalue weighted by atomic mass is 35.5. The average Bonchev–Trinajstić information content (AvgIpc) is 2.65. The highest BCUT2D eigenvalue weighted by Crippen LogP contribution is 2.23. The van der Waals surface area contributed by atoms with Crippen LogP contribution in [0.25, 0.3) is 0 Å². The molecule has 1 rings (SSSR count). The minimum atomic E-state index is 0.585. The molecule has 0 fully saturated rings. The summed E-state index contributed by atoms with van der Waals surface area (Å²) >= 11 is 6.49. The van der Waals surface area contributed by atoms with Crippen LogP contribution in [-0.4, -0.2) is 28.7 Å². The van der Waals surface area contributed by atoms with Crippen molar-refractivity contribution in [1.82, 2.24) is 4.90 Å². The van der Waals surface area contributed by atoms with Gasteiger partial charge in [0, 0.05) is 6.54 Å². The quantitative estimate of drug-likeness (QED) is 0.460. The van der Waals surface area contributed by atoms with E-state index < -0.39 is 0 Å². The Labute approximate surface area is 106 Å². The van der Waals surface area contributed by atoms with Gasteiger partial charge in [-0.15, -0.1) is 0 Å². The SMILES string of the molecule is CCCCCCN1C=C[N+](Cl)(CCCC)C1.